The molecule has 1 aromatic heterocycles. The summed E-state index contributed by atoms with van der Waals surface area (Å²) in [4.78, 5) is 0. The van der Waals surface area contributed by atoms with Crippen LogP contribution in [0.3, 0.4) is 0 Å². The number of rotatable bonds is 3. The Kier molecular flexibility index (Phi) is 3.90. The molecule has 5 heteroatoms. The minimum atomic E-state index is -1.02. The summed E-state index contributed by atoms with van der Waals surface area (Å²) in [6.07, 6.45) is 0.394. The molecular formula is C14H16Cl2N2O. The van der Waals surface area contributed by atoms with Gasteiger partial charge < -0.3 is 5.11 Å². The molecule has 0 aliphatic heterocycles. The Hall–Kier alpha value is -1.03. The highest BCUT2D eigenvalue weighted by atomic mass is 35.5. The topological polar surface area (TPSA) is 38.0 Å². The summed E-state index contributed by atoms with van der Waals surface area (Å²) in [6.45, 7) is 3.61. The number of nitrogens with zero attached hydrogens (tertiary/aromatic N) is 2. The van der Waals surface area contributed by atoms with Gasteiger partial charge in [-0.2, -0.15) is 5.10 Å². The largest absolute Gasteiger partial charge is 0.385 e. The minimum absolute atomic E-state index is 0.394. The summed E-state index contributed by atoms with van der Waals surface area (Å²) in [6, 6.07) is 7.17. The first-order valence-corrected chi connectivity index (χ1v) is 6.73. The first kappa shape index (κ1) is 14.4. The van der Waals surface area contributed by atoms with E-state index in [1.807, 2.05) is 26.1 Å². The smallest absolute Gasteiger partial charge is 0.0924 e. The average molecular weight is 299 g/mol. The second-order valence-corrected chi connectivity index (χ2v) is 5.74. The molecule has 0 saturated heterocycles. The molecule has 3 nitrogen and oxygen atoms in total. The van der Waals surface area contributed by atoms with E-state index in [1.54, 1.807) is 23.7 Å². The number of aliphatic hydroxyl groups is 1. The monoisotopic (exact) mass is 298 g/mol. The van der Waals surface area contributed by atoms with Crippen molar-refractivity contribution < 1.29 is 5.11 Å². The Morgan fingerprint density at radius 2 is 1.84 bits per heavy atom. The van der Waals surface area contributed by atoms with Crippen LogP contribution in [0.15, 0.2) is 24.3 Å². The van der Waals surface area contributed by atoms with E-state index in [1.165, 1.54) is 0 Å². The lowest BCUT2D eigenvalue weighted by Gasteiger charge is -2.24. The van der Waals surface area contributed by atoms with Gasteiger partial charge in [0.2, 0.25) is 0 Å². The molecule has 2 aromatic rings. The molecule has 1 N–H and O–H groups in total. The third kappa shape index (κ3) is 2.94. The number of hydrogen-bond acceptors (Lipinski definition) is 2. The molecule has 1 aromatic carbocycles. The van der Waals surface area contributed by atoms with Gasteiger partial charge in [0.05, 0.1) is 22.0 Å². The Balaban J connectivity index is 2.33. The second kappa shape index (κ2) is 5.16. The van der Waals surface area contributed by atoms with E-state index in [2.05, 4.69) is 5.10 Å². The van der Waals surface area contributed by atoms with Crippen LogP contribution in [0.4, 0.5) is 0 Å². The highest BCUT2D eigenvalue weighted by Crippen LogP contribution is 2.30. The van der Waals surface area contributed by atoms with Gasteiger partial charge in [0, 0.05) is 18.5 Å². The molecule has 102 valence electrons. The fourth-order valence-corrected chi connectivity index (χ4v) is 2.46. The highest BCUT2D eigenvalue weighted by Gasteiger charge is 2.27. The third-order valence-electron chi connectivity index (χ3n) is 3.24. The molecule has 0 aliphatic rings. The maximum atomic E-state index is 10.6. The van der Waals surface area contributed by atoms with E-state index in [9.17, 15) is 5.11 Å². The molecule has 0 aliphatic carbocycles. The predicted octanol–water partition coefficient (Wildman–Crippen LogP) is 3.49. The zero-order valence-corrected chi connectivity index (χ0v) is 12.6. The number of aromatic nitrogens is 2. The molecule has 0 amide bonds. The van der Waals surface area contributed by atoms with Crippen LogP contribution in [-0.2, 0) is 19.1 Å². The van der Waals surface area contributed by atoms with Gasteiger partial charge in [-0.15, -0.1) is 0 Å². The van der Waals surface area contributed by atoms with Crippen molar-refractivity contribution in [2.45, 2.75) is 25.9 Å². The van der Waals surface area contributed by atoms with Crippen LogP contribution in [0.1, 0.15) is 23.9 Å². The van der Waals surface area contributed by atoms with E-state index >= 15 is 0 Å². The van der Waals surface area contributed by atoms with Crippen molar-refractivity contribution in [1.29, 1.82) is 0 Å². The molecule has 0 saturated carbocycles. The van der Waals surface area contributed by atoms with E-state index < -0.39 is 5.60 Å². The lowest BCUT2D eigenvalue weighted by Crippen LogP contribution is -2.25. The first-order chi connectivity index (χ1) is 8.81. The average Bonchev–Trinajstić information content (AvgIpc) is 2.56. The summed E-state index contributed by atoms with van der Waals surface area (Å²) >= 11 is 12.1. The van der Waals surface area contributed by atoms with Crippen molar-refractivity contribution in [2.75, 3.05) is 0 Å². The Labute approximate surface area is 122 Å². The fraction of sp³-hybridized carbons (Fsp3) is 0.357. The van der Waals surface area contributed by atoms with Gasteiger partial charge in [-0.25, -0.2) is 0 Å². The number of hydrogen-bond donors (Lipinski definition) is 1. The second-order valence-electron chi connectivity index (χ2n) is 4.93. The molecule has 2 rings (SSSR count). The van der Waals surface area contributed by atoms with Crippen molar-refractivity contribution >= 4 is 23.2 Å². The minimum Gasteiger partial charge on any atom is -0.385 e. The first-order valence-electron chi connectivity index (χ1n) is 5.97. The number of aryl methyl sites for hydroxylation is 2. The lowest BCUT2D eigenvalue weighted by atomic mass is 9.91. The van der Waals surface area contributed by atoms with Crippen molar-refractivity contribution in [1.82, 2.24) is 9.78 Å². The van der Waals surface area contributed by atoms with Crippen LogP contribution in [-0.4, -0.2) is 14.9 Å². The highest BCUT2D eigenvalue weighted by molar-refractivity contribution is 6.31. The third-order valence-corrected chi connectivity index (χ3v) is 3.98. The quantitative estimate of drug-likeness (QED) is 0.942. The van der Waals surface area contributed by atoms with Crippen molar-refractivity contribution in [2.24, 2.45) is 7.05 Å². The normalized spacial score (nSPS) is 14.4. The summed E-state index contributed by atoms with van der Waals surface area (Å²) in [5.41, 5.74) is 1.37. The van der Waals surface area contributed by atoms with Crippen molar-refractivity contribution in [3.63, 3.8) is 0 Å². The summed E-state index contributed by atoms with van der Waals surface area (Å²) in [7, 11) is 1.83. The summed E-state index contributed by atoms with van der Waals surface area (Å²) in [5.74, 6) is 0. The number of halogens is 2. The molecule has 0 radical (unpaired) electrons. The van der Waals surface area contributed by atoms with E-state index in [0.717, 1.165) is 17.0 Å². The van der Waals surface area contributed by atoms with Gasteiger partial charge in [-0.1, -0.05) is 35.3 Å². The van der Waals surface area contributed by atoms with Gasteiger partial charge in [0.1, 0.15) is 0 Å². The van der Waals surface area contributed by atoms with Crippen molar-refractivity contribution in [3.05, 3.63) is 51.3 Å². The van der Waals surface area contributed by atoms with Crippen LogP contribution in [0.5, 0.6) is 0 Å². The maximum absolute atomic E-state index is 10.6. The molecule has 0 spiro atoms. The van der Waals surface area contributed by atoms with Crippen LogP contribution in [0.25, 0.3) is 0 Å². The maximum Gasteiger partial charge on any atom is 0.0924 e. The molecule has 19 heavy (non-hydrogen) atoms. The Morgan fingerprint density at radius 3 is 2.32 bits per heavy atom. The SMILES string of the molecule is Cc1nn(C)c(CC(C)(O)c2ccc(Cl)cc2)c1Cl. The van der Waals surface area contributed by atoms with Crippen LogP contribution >= 0.6 is 23.2 Å². The Morgan fingerprint density at radius 1 is 1.26 bits per heavy atom. The van der Waals surface area contributed by atoms with E-state index in [0.29, 0.717) is 16.5 Å². The summed E-state index contributed by atoms with van der Waals surface area (Å²) in [5, 5.41) is 16.2. The Bertz CT molecular complexity index is 588. The molecule has 1 unspecified atom stereocenters. The zero-order valence-electron chi connectivity index (χ0n) is 11.1. The van der Waals surface area contributed by atoms with Gasteiger partial charge in [0.25, 0.3) is 0 Å². The van der Waals surface area contributed by atoms with Crippen LogP contribution in [0, 0.1) is 6.92 Å². The molecule has 1 heterocycles. The van der Waals surface area contributed by atoms with Gasteiger partial charge >= 0.3 is 0 Å². The molecule has 0 fully saturated rings. The number of benzene rings is 1. The fourth-order valence-electron chi connectivity index (χ4n) is 2.11. The van der Waals surface area contributed by atoms with Crippen LogP contribution < -0.4 is 0 Å². The standard InChI is InChI=1S/C14H16Cl2N2O/c1-9-13(16)12(18(3)17-9)8-14(2,19)10-4-6-11(15)7-5-10/h4-7,19H,8H2,1-3H3. The zero-order chi connectivity index (χ0) is 14.2. The lowest BCUT2D eigenvalue weighted by molar-refractivity contribution is 0.0556. The predicted molar refractivity (Wildman–Crippen MR) is 77.7 cm³/mol. The van der Waals surface area contributed by atoms with Gasteiger partial charge in [-0.05, 0) is 31.5 Å². The van der Waals surface area contributed by atoms with Gasteiger partial charge in [-0.3, -0.25) is 4.68 Å². The molecule has 1 atom stereocenters. The molecule has 0 bridgehead atoms. The summed E-state index contributed by atoms with van der Waals surface area (Å²) < 4.78 is 1.71. The van der Waals surface area contributed by atoms with E-state index in [-0.39, 0.29) is 0 Å². The van der Waals surface area contributed by atoms with E-state index in [4.69, 9.17) is 23.2 Å². The molecular weight excluding hydrogens is 283 g/mol. The van der Waals surface area contributed by atoms with Crippen LogP contribution in [0.2, 0.25) is 10.0 Å². The van der Waals surface area contributed by atoms with Gasteiger partial charge in [0.15, 0.2) is 0 Å². The van der Waals surface area contributed by atoms with Crippen molar-refractivity contribution in [3.8, 4) is 0 Å².